The number of hydrogen-bond acceptors (Lipinski definition) is 6. The van der Waals surface area contributed by atoms with E-state index in [9.17, 15) is 19.6 Å². The summed E-state index contributed by atoms with van der Waals surface area (Å²) in [5.41, 5.74) is 2.34. The van der Waals surface area contributed by atoms with Gasteiger partial charge in [-0.25, -0.2) is 4.79 Å². The first-order valence-corrected chi connectivity index (χ1v) is 10.5. The average molecular weight is 452 g/mol. The van der Waals surface area contributed by atoms with Crippen LogP contribution < -0.4 is 9.47 Å². The van der Waals surface area contributed by atoms with Gasteiger partial charge in [-0.05, 0) is 55.0 Å². The predicted molar refractivity (Wildman–Crippen MR) is 125 cm³/mol. The van der Waals surface area contributed by atoms with E-state index < -0.39 is 23.8 Å². The number of hydrogen-bond donors (Lipinski definition) is 0. The van der Waals surface area contributed by atoms with E-state index in [2.05, 4.69) is 6.07 Å². The third kappa shape index (κ3) is 4.17. The van der Waals surface area contributed by atoms with Crippen LogP contribution in [-0.2, 0) is 4.79 Å². The Kier molecular flexibility index (Phi) is 6.24. The van der Waals surface area contributed by atoms with Crippen molar-refractivity contribution < 1.29 is 23.9 Å². The molecule has 0 bridgehead atoms. The molecule has 0 saturated carbocycles. The summed E-state index contributed by atoms with van der Waals surface area (Å²) in [5.74, 6) is -0.939. The van der Waals surface area contributed by atoms with Gasteiger partial charge in [-0.2, -0.15) is 5.26 Å². The standard InChI is InChI=1S/C27H20N2O5/c1-17(29-25(30)22-8-3-4-9-23(22)26(29)31)27(32)34-20-13-11-18(12-14-20)15-19(16-28)21-7-5-6-10-24(21)33-2/h3-15,17H,1-2H3/b19-15-. The number of rotatable bonds is 6. The van der Waals surface area contributed by atoms with E-state index in [-0.39, 0.29) is 16.9 Å². The van der Waals surface area contributed by atoms with Gasteiger partial charge in [0.1, 0.15) is 17.5 Å². The number of carbonyl (C=O) groups excluding carboxylic acids is 3. The Morgan fingerprint density at radius 2 is 1.53 bits per heavy atom. The van der Waals surface area contributed by atoms with Crippen LogP contribution in [0.3, 0.4) is 0 Å². The van der Waals surface area contributed by atoms with Gasteiger partial charge in [0.05, 0.1) is 29.9 Å². The summed E-state index contributed by atoms with van der Waals surface area (Å²) < 4.78 is 10.7. The molecule has 3 aromatic rings. The zero-order valence-electron chi connectivity index (χ0n) is 18.5. The molecule has 7 heteroatoms. The van der Waals surface area contributed by atoms with Gasteiger partial charge in [0.15, 0.2) is 0 Å². The van der Waals surface area contributed by atoms with Crippen LogP contribution in [0.25, 0.3) is 11.6 Å². The van der Waals surface area contributed by atoms with Crippen LogP contribution in [-0.4, -0.2) is 35.8 Å². The molecule has 7 nitrogen and oxygen atoms in total. The van der Waals surface area contributed by atoms with Crippen molar-refractivity contribution in [1.82, 2.24) is 4.90 Å². The Morgan fingerprint density at radius 1 is 0.941 bits per heavy atom. The van der Waals surface area contributed by atoms with Gasteiger partial charge in [0, 0.05) is 5.56 Å². The van der Waals surface area contributed by atoms with E-state index in [0.717, 1.165) is 10.5 Å². The quantitative estimate of drug-likeness (QED) is 0.181. The third-order valence-electron chi connectivity index (χ3n) is 5.48. The highest BCUT2D eigenvalue weighted by Gasteiger charge is 2.41. The number of fused-ring (bicyclic) bond motifs is 1. The van der Waals surface area contributed by atoms with Crippen molar-refractivity contribution in [2.75, 3.05) is 7.11 Å². The van der Waals surface area contributed by atoms with Gasteiger partial charge in [-0.3, -0.25) is 14.5 Å². The molecule has 4 rings (SSSR count). The monoisotopic (exact) mass is 452 g/mol. The van der Waals surface area contributed by atoms with Crippen LogP contribution in [0.2, 0.25) is 0 Å². The fraction of sp³-hybridized carbons (Fsp3) is 0.111. The van der Waals surface area contributed by atoms with E-state index >= 15 is 0 Å². The van der Waals surface area contributed by atoms with Gasteiger partial charge in [-0.1, -0.05) is 36.4 Å². The van der Waals surface area contributed by atoms with Crippen molar-refractivity contribution in [2.24, 2.45) is 0 Å². The molecule has 0 spiro atoms. The van der Waals surface area contributed by atoms with Crippen molar-refractivity contribution in [2.45, 2.75) is 13.0 Å². The van der Waals surface area contributed by atoms with Gasteiger partial charge in [0.25, 0.3) is 11.8 Å². The summed E-state index contributed by atoms with van der Waals surface area (Å²) >= 11 is 0. The Balaban J connectivity index is 1.48. The largest absolute Gasteiger partial charge is 0.496 e. The SMILES string of the molecule is COc1ccccc1/C(C#N)=C\c1ccc(OC(=O)C(C)N2C(=O)c3ccccc3C2=O)cc1. The van der Waals surface area contributed by atoms with Crippen LogP contribution in [0.5, 0.6) is 11.5 Å². The van der Waals surface area contributed by atoms with Gasteiger partial charge >= 0.3 is 5.97 Å². The summed E-state index contributed by atoms with van der Waals surface area (Å²) in [4.78, 5) is 38.8. The molecule has 1 unspecified atom stereocenters. The fourth-order valence-corrected chi connectivity index (χ4v) is 3.70. The second-order valence-corrected chi connectivity index (χ2v) is 7.56. The Hall–Kier alpha value is -4.70. The number of methoxy groups -OCH3 is 1. The lowest BCUT2D eigenvalue weighted by atomic mass is 10.0. The molecular weight excluding hydrogens is 432 g/mol. The molecular formula is C27H20N2O5. The van der Waals surface area contributed by atoms with E-state index in [0.29, 0.717) is 16.9 Å². The van der Waals surface area contributed by atoms with Crippen molar-refractivity contribution in [3.05, 3.63) is 95.1 Å². The number of amides is 2. The molecule has 1 heterocycles. The molecule has 0 fully saturated rings. The lowest BCUT2D eigenvalue weighted by Crippen LogP contribution is -2.44. The summed E-state index contributed by atoms with van der Waals surface area (Å²) in [5, 5.41) is 9.60. The van der Waals surface area contributed by atoms with Gasteiger partial charge in [0.2, 0.25) is 0 Å². The first-order valence-electron chi connectivity index (χ1n) is 10.5. The van der Waals surface area contributed by atoms with Crippen molar-refractivity contribution in [3.8, 4) is 17.6 Å². The number of carbonyl (C=O) groups is 3. The van der Waals surface area contributed by atoms with E-state index in [1.165, 1.54) is 6.92 Å². The second kappa shape index (κ2) is 9.43. The second-order valence-electron chi connectivity index (χ2n) is 7.56. The minimum absolute atomic E-state index is 0.251. The molecule has 168 valence electrons. The maximum absolute atomic E-state index is 12.7. The van der Waals surface area contributed by atoms with E-state index in [1.807, 2.05) is 12.1 Å². The number of nitrogens with zero attached hydrogens (tertiary/aromatic N) is 2. The van der Waals surface area contributed by atoms with E-state index in [4.69, 9.17) is 9.47 Å². The van der Waals surface area contributed by atoms with Crippen LogP contribution in [0.4, 0.5) is 0 Å². The van der Waals surface area contributed by atoms with Crippen LogP contribution in [0.1, 0.15) is 38.8 Å². The van der Waals surface area contributed by atoms with Gasteiger partial charge in [-0.15, -0.1) is 0 Å². The lowest BCUT2D eigenvalue weighted by molar-refractivity contribution is -0.138. The highest BCUT2D eigenvalue weighted by Crippen LogP contribution is 2.28. The minimum atomic E-state index is -1.09. The zero-order chi connectivity index (χ0) is 24.2. The summed E-state index contributed by atoms with van der Waals surface area (Å²) in [7, 11) is 1.54. The summed E-state index contributed by atoms with van der Waals surface area (Å²) in [6.07, 6.45) is 1.70. The highest BCUT2D eigenvalue weighted by atomic mass is 16.5. The number of nitriles is 1. The number of imide groups is 1. The van der Waals surface area contributed by atoms with Crippen molar-refractivity contribution in [1.29, 1.82) is 5.26 Å². The van der Waals surface area contributed by atoms with E-state index in [1.54, 1.807) is 73.8 Å². The molecule has 1 aliphatic rings. The molecule has 0 N–H and O–H groups in total. The molecule has 0 aromatic heterocycles. The first kappa shape index (κ1) is 22.5. The maximum Gasteiger partial charge on any atom is 0.334 e. The van der Waals surface area contributed by atoms with Crippen LogP contribution >= 0.6 is 0 Å². The topological polar surface area (TPSA) is 96.7 Å². The molecule has 1 atom stereocenters. The molecule has 3 aromatic carbocycles. The molecule has 1 aliphatic heterocycles. The zero-order valence-corrected chi connectivity index (χ0v) is 18.5. The normalized spacial score (nSPS) is 13.8. The molecule has 34 heavy (non-hydrogen) atoms. The Morgan fingerprint density at radius 3 is 2.12 bits per heavy atom. The number of ether oxygens (including phenoxy) is 2. The number of allylic oxidation sites excluding steroid dienone is 1. The van der Waals surface area contributed by atoms with Crippen LogP contribution in [0.15, 0.2) is 72.8 Å². The Labute approximate surface area is 196 Å². The van der Waals surface area contributed by atoms with Crippen molar-refractivity contribution in [3.63, 3.8) is 0 Å². The lowest BCUT2D eigenvalue weighted by Gasteiger charge is -2.20. The maximum atomic E-state index is 12.7. The minimum Gasteiger partial charge on any atom is -0.496 e. The van der Waals surface area contributed by atoms with Gasteiger partial charge < -0.3 is 9.47 Å². The Bertz CT molecular complexity index is 1320. The number of para-hydroxylation sites is 1. The smallest absolute Gasteiger partial charge is 0.334 e. The fourth-order valence-electron chi connectivity index (χ4n) is 3.70. The van der Waals surface area contributed by atoms with Crippen molar-refractivity contribution >= 4 is 29.4 Å². The molecule has 2 amide bonds. The summed E-state index contributed by atoms with van der Waals surface area (Å²) in [6, 6.07) is 21.3. The number of esters is 1. The summed E-state index contributed by atoms with van der Waals surface area (Å²) in [6.45, 7) is 1.45. The predicted octanol–water partition coefficient (Wildman–Crippen LogP) is 4.35. The molecule has 0 saturated heterocycles. The highest BCUT2D eigenvalue weighted by molar-refractivity contribution is 6.22. The molecule has 0 radical (unpaired) electrons. The number of benzene rings is 3. The van der Waals surface area contributed by atoms with Crippen LogP contribution in [0, 0.1) is 11.3 Å². The third-order valence-corrected chi connectivity index (χ3v) is 5.48. The first-order chi connectivity index (χ1) is 16.4. The molecule has 0 aliphatic carbocycles. The average Bonchev–Trinajstić information content (AvgIpc) is 3.13.